The summed E-state index contributed by atoms with van der Waals surface area (Å²) in [5.41, 5.74) is 0.912. The van der Waals surface area contributed by atoms with E-state index in [1.54, 1.807) is 0 Å². The van der Waals surface area contributed by atoms with Gasteiger partial charge in [-0.25, -0.2) is 13.2 Å². The summed E-state index contributed by atoms with van der Waals surface area (Å²) >= 11 is 0. The molecule has 0 saturated heterocycles. The average Bonchev–Trinajstić information content (AvgIpc) is 2.48. The number of halogens is 1. The van der Waals surface area contributed by atoms with E-state index >= 15 is 0 Å². The van der Waals surface area contributed by atoms with Gasteiger partial charge in [-0.05, 0) is 18.4 Å². The molecule has 0 bridgehead atoms. The number of rotatable bonds is 9. The summed E-state index contributed by atoms with van der Waals surface area (Å²) in [6.07, 6.45) is 1.66. The number of carbonyl (C=O) groups is 1. The normalized spacial score (nSPS) is 11.2. The lowest BCUT2D eigenvalue weighted by Crippen LogP contribution is -2.34. The molecule has 0 fully saturated rings. The molecule has 7 heteroatoms. The number of hydrogen-bond donors (Lipinski definition) is 0. The zero-order chi connectivity index (χ0) is 16.4. The van der Waals surface area contributed by atoms with E-state index in [1.165, 1.54) is 4.90 Å². The number of benzene rings is 1. The van der Waals surface area contributed by atoms with Crippen LogP contribution in [0.15, 0.2) is 30.3 Å². The van der Waals surface area contributed by atoms with Gasteiger partial charge in [-0.1, -0.05) is 43.7 Å². The topological polar surface area (TPSA) is 63.7 Å². The number of hydrogen-bond acceptors (Lipinski definition) is 4. The predicted molar refractivity (Wildman–Crippen MR) is 87.4 cm³/mol. The third-order valence-corrected chi connectivity index (χ3v) is 4.30. The monoisotopic (exact) mass is 347 g/mol. The van der Waals surface area contributed by atoms with Crippen molar-refractivity contribution in [3.63, 3.8) is 0 Å². The number of amides is 1. The third kappa shape index (κ3) is 8.24. The molecule has 0 heterocycles. The minimum absolute atomic E-state index is 0.150. The summed E-state index contributed by atoms with van der Waals surface area (Å²) in [6, 6.07) is 9.41. The van der Waals surface area contributed by atoms with E-state index < -0.39 is 15.1 Å². The van der Waals surface area contributed by atoms with Gasteiger partial charge in [0.05, 0.1) is 5.75 Å². The molecule has 1 rings (SSSR count). The second kappa shape index (κ2) is 9.69. The molecule has 124 valence electrons. The molecule has 0 saturated carbocycles. The van der Waals surface area contributed by atoms with Gasteiger partial charge in [0.2, 0.25) is 9.05 Å². The summed E-state index contributed by atoms with van der Waals surface area (Å²) < 4.78 is 27.2. The molecule has 0 N–H and O–H groups in total. The molecule has 0 unspecified atom stereocenters. The molecule has 0 aliphatic heterocycles. The van der Waals surface area contributed by atoms with Gasteiger partial charge in [0.15, 0.2) is 0 Å². The number of ether oxygens (including phenoxy) is 1. The van der Waals surface area contributed by atoms with Gasteiger partial charge in [0.1, 0.15) is 6.61 Å². The van der Waals surface area contributed by atoms with Gasteiger partial charge in [-0.2, -0.15) is 0 Å². The largest absolute Gasteiger partial charge is 0.445 e. The van der Waals surface area contributed by atoms with Crippen LogP contribution in [0.4, 0.5) is 4.79 Å². The molecule has 0 radical (unpaired) electrons. The van der Waals surface area contributed by atoms with Crippen LogP contribution in [0.1, 0.15) is 31.7 Å². The maximum Gasteiger partial charge on any atom is 0.410 e. The highest BCUT2D eigenvalue weighted by molar-refractivity contribution is 8.13. The Hall–Kier alpha value is -1.27. The average molecular weight is 348 g/mol. The van der Waals surface area contributed by atoms with Crippen molar-refractivity contribution >= 4 is 25.8 Å². The van der Waals surface area contributed by atoms with Crippen molar-refractivity contribution in [2.75, 3.05) is 18.8 Å². The standard InChI is InChI=1S/C15H22ClNO4S/c1-2-3-10-17(11-7-12-22(16,19)20)15(18)21-13-14-8-5-4-6-9-14/h4-6,8-9H,2-3,7,10-13H2,1H3. The second-order valence-electron chi connectivity index (χ2n) is 4.98. The van der Waals surface area contributed by atoms with Crippen LogP contribution in [0.25, 0.3) is 0 Å². The molecule has 22 heavy (non-hydrogen) atoms. The maximum atomic E-state index is 12.1. The summed E-state index contributed by atoms with van der Waals surface area (Å²) in [7, 11) is 1.65. The van der Waals surface area contributed by atoms with E-state index in [0.717, 1.165) is 18.4 Å². The Kier molecular flexibility index (Phi) is 8.27. The highest BCUT2D eigenvalue weighted by Crippen LogP contribution is 2.07. The van der Waals surface area contributed by atoms with E-state index in [4.69, 9.17) is 15.4 Å². The first-order chi connectivity index (χ1) is 10.4. The molecule has 5 nitrogen and oxygen atoms in total. The highest BCUT2D eigenvalue weighted by Gasteiger charge is 2.15. The Labute approximate surface area is 136 Å². The van der Waals surface area contributed by atoms with Crippen LogP contribution in [-0.2, 0) is 20.4 Å². The van der Waals surface area contributed by atoms with Crippen LogP contribution in [0.2, 0.25) is 0 Å². The van der Waals surface area contributed by atoms with Crippen LogP contribution in [0.3, 0.4) is 0 Å². The van der Waals surface area contributed by atoms with Gasteiger partial charge in [-0.3, -0.25) is 0 Å². The Bertz CT molecular complexity index is 548. The lowest BCUT2D eigenvalue weighted by atomic mass is 10.2. The third-order valence-electron chi connectivity index (χ3n) is 3.06. The predicted octanol–water partition coefficient (Wildman–Crippen LogP) is 3.38. The summed E-state index contributed by atoms with van der Waals surface area (Å²) in [5.74, 6) is -0.150. The molecular weight excluding hydrogens is 326 g/mol. The van der Waals surface area contributed by atoms with Crippen molar-refractivity contribution in [2.24, 2.45) is 0 Å². The van der Waals surface area contributed by atoms with Gasteiger partial charge in [-0.15, -0.1) is 0 Å². The highest BCUT2D eigenvalue weighted by atomic mass is 35.7. The van der Waals surface area contributed by atoms with Crippen molar-refractivity contribution in [3.8, 4) is 0 Å². The number of nitrogens with zero attached hydrogens (tertiary/aromatic N) is 1. The minimum atomic E-state index is -3.53. The van der Waals surface area contributed by atoms with Crippen LogP contribution in [0.5, 0.6) is 0 Å². The van der Waals surface area contributed by atoms with E-state index in [0.29, 0.717) is 19.5 Å². The van der Waals surface area contributed by atoms with E-state index in [1.807, 2.05) is 37.3 Å². The zero-order valence-electron chi connectivity index (χ0n) is 12.7. The molecule has 0 spiro atoms. The Balaban J connectivity index is 2.48. The fourth-order valence-corrected chi connectivity index (χ4v) is 2.68. The van der Waals surface area contributed by atoms with Crippen molar-refractivity contribution in [2.45, 2.75) is 32.8 Å². The Morgan fingerprint density at radius 2 is 1.82 bits per heavy atom. The first kappa shape index (κ1) is 18.8. The van der Waals surface area contributed by atoms with Gasteiger partial charge >= 0.3 is 6.09 Å². The van der Waals surface area contributed by atoms with Crippen LogP contribution < -0.4 is 0 Å². The molecule has 0 aromatic heterocycles. The zero-order valence-corrected chi connectivity index (χ0v) is 14.3. The molecule has 1 aromatic carbocycles. The molecule has 0 atom stereocenters. The molecule has 0 aliphatic carbocycles. The SMILES string of the molecule is CCCCN(CCCS(=O)(=O)Cl)C(=O)OCc1ccccc1. The molecular formula is C15H22ClNO4S. The lowest BCUT2D eigenvalue weighted by Gasteiger charge is -2.21. The van der Waals surface area contributed by atoms with Crippen molar-refractivity contribution in [1.82, 2.24) is 4.90 Å². The quantitative estimate of drug-likeness (QED) is 0.642. The number of unbranched alkanes of at least 4 members (excludes halogenated alkanes) is 1. The van der Waals surface area contributed by atoms with E-state index in [2.05, 4.69) is 0 Å². The number of carbonyl (C=O) groups excluding carboxylic acids is 1. The van der Waals surface area contributed by atoms with Crippen LogP contribution in [0, 0.1) is 0 Å². The van der Waals surface area contributed by atoms with E-state index in [9.17, 15) is 13.2 Å². The first-order valence-electron chi connectivity index (χ1n) is 7.30. The van der Waals surface area contributed by atoms with E-state index in [-0.39, 0.29) is 12.4 Å². The summed E-state index contributed by atoms with van der Waals surface area (Å²) in [4.78, 5) is 13.6. The summed E-state index contributed by atoms with van der Waals surface area (Å²) in [5, 5.41) is 0. The first-order valence-corrected chi connectivity index (χ1v) is 9.78. The fourth-order valence-electron chi connectivity index (χ4n) is 1.88. The lowest BCUT2D eigenvalue weighted by molar-refractivity contribution is 0.0957. The molecule has 1 aromatic rings. The van der Waals surface area contributed by atoms with Crippen LogP contribution >= 0.6 is 10.7 Å². The van der Waals surface area contributed by atoms with Gasteiger partial charge < -0.3 is 9.64 Å². The fraction of sp³-hybridized carbons (Fsp3) is 0.533. The van der Waals surface area contributed by atoms with Crippen LogP contribution in [-0.4, -0.2) is 38.3 Å². The Morgan fingerprint density at radius 3 is 2.41 bits per heavy atom. The molecule has 0 aliphatic rings. The van der Waals surface area contributed by atoms with Gasteiger partial charge in [0, 0.05) is 23.8 Å². The van der Waals surface area contributed by atoms with Crippen molar-refractivity contribution in [3.05, 3.63) is 35.9 Å². The van der Waals surface area contributed by atoms with Gasteiger partial charge in [0.25, 0.3) is 0 Å². The van der Waals surface area contributed by atoms with Crippen molar-refractivity contribution in [1.29, 1.82) is 0 Å². The van der Waals surface area contributed by atoms with Crippen molar-refractivity contribution < 1.29 is 17.9 Å². The summed E-state index contributed by atoms with van der Waals surface area (Å²) in [6.45, 7) is 3.10. The maximum absolute atomic E-state index is 12.1. The molecule has 1 amide bonds. The second-order valence-corrected chi connectivity index (χ2v) is 7.87. The smallest absolute Gasteiger partial charge is 0.410 e. The Morgan fingerprint density at radius 1 is 1.18 bits per heavy atom. The minimum Gasteiger partial charge on any atom is -0.445 e.